The van der Waals surface area contributed by atoms with Crippen LogP contribution in [-0.4, -0.2) is 70.1 Å². The Morgan fingerprint density at radius 1 is 1.00 bits per heavy atom. The van der Waals surface area contributed by atoms with E-state index in [4.69, 9.17) is 32.7 Å². The topological polar surface area (TPSA) is 125 Å². The molecule has 1 aliphatic carbocycles. The highest BCUT2D eigenvalue weighted by atomic mass is 35.5. The first kappa shape index (κ1) is 38.1. The number of nitrogens with one attached hydrogen (secondary N) is 1. The van der Waals surface area contributed by atoms with Crippen molar-refractivity contribution in [3.63, 3.8) is 0 Å². The average Bonchev–Trinajstić information content (AvgIpc) is 3.13. The molecule has 0 radical (unpaired) electrons. The molecule has 1 fully saturated rings. The van der Waals surface area contributed by atoms with Gasteiger partial charge in [0.15, 0.2) is 5.60 Å². The first-order valence-corrected chi connectivity index (χ1v) is 19.9. The van der Waals surface area contributed by atoms with E-state index in [-0.39, 0.29) is 29.1 Å². The van der Waals surface area contributed by atoms with E-state index in [2.05, 4.69) is 11.0 Å². The van der Waals surface area contributed by atoms with E-state index in [0.29, 0.717) is 53.5 Å². The number of ether oxygens (including phenoxy) is 2. The van der Waals surface area contributed by atoms with Crippen molar-refractivity contribution in [3.05, 3.63) is 99.6 Å². The summed E-state index contributed by atoms with van der Waals surface area (Å²) in [7, 11) is -1.13. The predicted octanol–water partition coefficient (Wildman–Crippen LogP) is 6.26. The van der Waals surface area contributed by atoms with Crippen molar-refractivity contribution in [2.45, 2.75) is 68.2 Å². The van der Waals surface area contributed by atoms with Gasteiger partial charge in [-0.15, -0.1) is 0 Å². The molecule has 52 heavy (non-hydrogen) atoms. The number of hydrogen-bond acceptors (Lipinski definition) is 8. The number of hydrogen-bond donors (Lipinski definition) is 2. The summed E-state index contributed by atoms with van der Waals surface area (Å²) in [5.41, 5.74) is 0.278. The Kier molecular flexibility index (Phi) is 11.9. The van der Waals surface area contributed by atoms with E-state index in [1.165, 1.54) is 35.2 Å². The SMILES string of the molecule is CO[C@H]1/C=C/CCN(C)C(=O)C[C@](O)(C(=O)NS(=O)(=O)c2ccc(Cl)cc2)c2ccc3c(c2)N(CCCCc2cc(Cl)ccc2CO3)C[C@@H]2CC[C@H]21. The van der Waals surface area contributed by atoms with Gasteiger partial charge < -0.3 is 24.4 Å². The quantitative estimate of drug-likeness (QED) is 0.298. The Labute approximate surface area is 315 Å². The molecule has 3 aromatic rings. The molecular weight excluding hydrogens is 725 g/mol. The summed E-state index contributed by atoms with van der Waals surface area (Å²) in [6.45, 7) is 1.92. The zero-order valence-corrected chi connectivity index (χ0v) is 31.7. The number of anilines is 1. The minimum absolute atomic E-state index is 0.0689. The fraction of sp³-hybridized carbons (Fsp3) is 0.436. The van der Waals surface area contributed by atoms with E-state index in [9.17, 15) is 23.1 Å². The number of amides is 2. The summed E-state index contributed by atoms with van der Waals surface area (Å²) < 4.78 is 41.3. The Balaban J connectivity index is 1.45. The van der Waals surface area contributed by atoms with Crippen LogP contribution in [0.4, 0.5) is 5.69 Å². The number of carbonyl (C=O) groups is 2. The van der Waals surface area contributed by atoms with Crippen molar-refractivity contribution in [3.8, 4) is 5.75 Å². The highest BCUT2D eigenvalue weighted by molar-refractivity contribution is 7.90. The van der Waals surface area contributed by atoms with Crippen LogP contribution in [0.3, 0.4) is 0 Å². The Hall–Kier alpha value is -3.61. The molecule has 10 nitrogen and oxygen atoms in total. The summed E-state index contributed by atoms with van der Waals surface area (Å²) in [6.07, 6.45) is 8.42. The lowest BCUT2D eigenvalue weighted by Gasteiger charge is -2.43. The van der Waals surface area contributed by atoms with Crippen molar-refractivity contribution in [2.24, 2.45) is 11.8 Å². The number of rotatable bonds is 4. The number of carbonyl (C=O) groups excluding carboxylic acids is 2. The molecule has 3 aromatic carbocycles. The maximum atomic E-state index is 14.1. The third-order valence-corrected chi connectivity index (χ3v) is 12.4. The van der Waals surface area contributed by atoms with Gasteiger partial charge in [0.25, 0.3) is 15.9 Å². The monoisotopic (exact) mass is 769 g/mol. The van der Waals surface area contributed by atoms with Gasteiger partial charge in [-0.05, 0) is 116 Å². The van der Waals surface area contributed by atoms with Crippen LogP contribution in [0.2, 0.25) is 10.0 Å². The van der Waals surface area contributed by atoms with Crippen LogP contribution in [0.5, 0.6) is 5.75 Å². The van der Waals surface area contributed by atoms with Gasteiger partial charge in [0.1, 0.15) is 12.4 Å². The molecule has 0 unspecified atom stereocenters. The molecule has 3 aliphatic rings. The highest BCUT2D eigenvalue weighted by Gasteiger charge is 2.44. The van der Waals surface area contributed by atoms with Crippen molar-refractivity contribution in [1.29, 1.82) is 0 Å². The fourth-order valence-corrected chi connectivity index (χ4v) is 8.64. The standard InChI is InChI=1S/C39H45Cl2N3O7S/c1-43-19-5-4-8-35(50-2)33-17-10-27(33)24-44-20-6-3-7-26-21-31(41)12-9-28(26)25-51-36-18-11-29(22-34(36)44)39(47,23-37(43)45)38(46)42-52(48,49)32-15-13-30(40)14-16-32/h4,8-9,11-16,18,21-22,27,33,35,47H,3,5-7,10,17,19-20,23-25H2,1-2H3,(H,42,46)/b8-4+/t27-,33+,35-,39+/m0/s1. The second kappa shape index (κ2) is 16.2. The second-order valence-corrected chi connectivity index (χ2v) is 16.5. The summed E-state index contributed by atoms with van der Waals surface area (Å²) >= 11 is 12.3. The zero-order chi connectivity index (χ0) is 37.0. The molecule has 0 aromatic heterocycles. The number of fused-ring (bicyclic) bond motifs is 3. The number of methoxy groups -OCH3 is 1. The van der Waals surface area contributed by atoms with Crippen LogP contribution in [0.15, 0.2) is 77.7 Å². The van der Waals surface area contributed by atoms with Crippen LogP contribution in [0.1, 0.15) is 55.2 Å². The molecular formula is C39H45Cl2N3O7S. The maximum absolute atomic E-state index is 14.1. The first-order valence-electron chi connectivity index (χ1n) is 17.7. The second-order valence-electron chi connectivity index (χ2n) is 13.9. The zero-order valence-electron chi connectivity index (χ0n) is 29.4. The van der Waals surface area contributed by atoms with E-state index in [1.807, 2.05) is 29.0 Å². The van der Waals surface area contributed by atoms with E-state index >= 15 is 0 Å². The van der Waals surface area contributed by atoms with Gasteiger partial charge in [-0.3, -0.25) is 9.59 Å². The van der Waals surface area contributed by atoms with E-state index < -0.39 is 33.9 Å². The van der Waals surface area contributed by atoms with Crippen molar-refractivity contribution < 1.29 is 32.6 Å². The molecule has 2 heterocycles. The summed E-state index contributed by atoms with van der Waals surface area (Å²) in [5.74, 6) is -0.666. The summed E-state index contributed by atoms with van der Waals surface area (Å²) in [4.78, 5) is 31.3. The molecule has 1 saturated carbocycles. The van der Waals surface area contributed by atoms with Gasteiger partial charge in [0.05, 0.1) is 23.1 Å². The number of aliphatic hydroxyl groups is 1. The molecule has 0 spiro atoms. The smallest absolute Gasteiger partial charge is 0.270 e. The number of sulfonamides is 1. The third-order valence-electron chi connectivity index (χ3n) is 10.6. The Morgan fingerprint density at radius 3 is 2.50 bits per heavy atom. The van der Waals surface area contributed by atoms with Gasteiger partial charge in [-0.2, -0.15) is 0 Å². The largest absolute Gasteiger partial charge is 0.487 e. The van der Waals surface area contributed by atoms with E-state index in [0.717, 1.165) is 43.2 Å². The van der Waals surface area contributed by atoms with Gasteiger partial charge >= 0.3 is 0 Å². The van der Waals surface area contributed by atoms with Gasteiger partial charge in [-0.25, -0.2) is 13.1 Å². The van der Waals surface area contributed by atoms with Crippen LogP contribution < -0.4 is 14.4 Å². The first-order chi connectivity index (χ1) is 24.9. The predicted molar refractivity (Wildman–Crippen MR) is 201 cm³/mol. The lowest BCUT2D eigenvalue weighted by Crippen LogP contribution is -2.49. The molecule has 0 saturated heterocycles. The number of nitrogens with zero attached hydrogens (tertiary/aromatic N) is 2. The average molecular weight is 771 g/mol. The van der Waals surface area contributed by atoms with Crippen molar-refractivity contribution in [1.82, 2.24) is 9.62 Å². The number of halogens is 2. The fourth-order valence-electron chi connectivity index (χ4n) is 7.30. The Bertz CT molecular complexity index is 1920. The normalized spacial score (nSPS) is 25.0. The molecule has 2 amide bonds. The maximum Gasteiger partial charge on any atom is 0.270 e. The lowest BCUT2D eigenvalue weighted by molar-refractivity contribution is -0.148. The van der Waals surface area contributed by atoms with Crippen molar-refractivity contribution in [2.75, 3.05) is 38.7 Å². The van der Waals surface area contributed by atoms with Gasteiger partial charge in [0, 0.05) is 43.8 Å². The number of aryl methyl sites for hydroxylation is 1. The minimum Gasteiger partial charge on any atom is -0.487 e. The van der Waals surface area contributed by atoms with Crippen molar-refractivity contribution >= 4 is 50.7 Å². The van der Waals surface area contributed by atoms with Gasteiger partial charge in [0.2, 0.25) is 5.91 Å². The molecule has 2 aliphatic heterocycles. The third kappa shape index (κ3) is 8.44. The minimum atomic E-state index is -4.45. The highest BCUT2D eigenvalue weighted by Crippen LogP contribution is 2.43. The van der Waals surface area contributed by atoms with Crippen LogP contribution >= 0.6 is 23.2 Å². The Morgan fingerprint density at radius 2 is 1.77 bits per heavy atom. The molecule has 4 atom stereocenters. The van der Waals surface area contributed by atoms with Crippen LogP contribution in [0.25, 0.3) is 0 Å². The number of benzene rings is 3. The van der Waals surface area contributed by atoms with Crippen LogP contribution in [0, 0.1) is 11.8 Å². The summed E-state index contributed by atoms with van der Waals surface area (Å²) in [5, 5.41) is 13.4. The lowest BCUT2D eigenvalue weighted by atomic mass is 9.70. The molecule has 13 heteroatoms. The molecule has 2 N–H and O–H groups in total. The van der Waals surface area contributed by atoms with Crippen LogP contribution in [-0.2, 0) is 43.0 Å². The molecule has 6 rings (SSSR count). The molecule has 2 bridgehead atoms. The summed E-state index contributed by atoms with van der Waals surface area (Å²) in [6, 6.07) is 16.0. The molecule has 278 valence electrons. The van der Waals surface area contributed by atoms with Gasteiger partial charge in [-0.1, -0.05) is 47.5 Å². The van der Waals surface area contributed by atoms with E-state index in [1.54, 1.807) is 26.3 Å².